The number of amides is 1. The number of ether oxygens (including phenoxy) is 4. The maximum absolute atomic E-state index is 12.5. The highest BCUT2D eigenvalue weighted by molar-refractivity contribution is 5.94. The average molecular weight is 623 g/mol. The fraction of sp³-hybridized carbons (Fsp3) is 0.342. The van der Waals surface area contributed by atoms with E-state index < -0.39 is 6.29 Å². The molecule has 0 unspecified atom stereocenters. The van der Waals surface area contributed by atoms with Crippen LogP contribution in [0.3, 0.4) is 0 Å². The Labute approximate surface area is 270 Å². The van der Waals surface area contributed by atoms with E-state index in [1.54, 1.807) is 26.4 Å². The summed E-state index contributed by atoms with van der Waals surface area (Å²) < 4.78 is 24.5. The third kappa shape index (κ3) is 7.11. The molecular formula is C38H42N2O6. The van der Waals surface area contributed by atoms with Gasteiger partial charge in [-0.05, 0) is 58.5 Å². The summed E-state index contributed by atoms with van der Waals surface area (Å²) in [4.78, 5) is 15.0. The Morgan fingerprint density at radius 3 is 2.20 bits per heavy atom. The monoisotopic (exact) mass is 622 g/mol. The van der Waals surface area contributed by atoms with Gasteiger partial charge in [0.15, 0.2) is 17.8 Å². The predicted octanol–water partition coefficient (Wildman–Crippen LogP) is 5.98. The Balaban J connectivity index is 1.19. The number of fused-ring (bicyclic) bond motifs is 1. The molecule has 240 valence electrons. The van der Waals surface area contributed by atoms with Gasteiger partial charge in [-0.15, -0.1) is 0 Å². The normalized spacial score (nSPS) is 21.3. The van der Waals surface area contributed by atoms with Gasteiger partial charge in [-0.1, -0.05) is 73.7 Å². The molecule has 0 radical (unpaired) electrons. The highest BCUT2D eigenvalue weighted by atomic mass is 16.7. The van der Waals surface area contributed by atoms with Crippen molar-refractivity contribution in [1.82, 2.24) is 10.2 Å². The summed E-state index contributed by atoms with van der Waals surface area (Å²) in [7, 11) is 3.34. The summed E-state index contributed by atoms with van der Waals surface area (Å²) in [5.41, 5.74) is 7.00. The standard InChI is InChI=1S/C38H42N2O6/c1-25-35(23-40-18-17-31-19-33(43-2)34(44-3)20-32(31)22-40)45-38(46-36(25)28-13-11-27(24-41)12-14-28)30-15-9-26(10-16-30)21-39-37(42)29-7-5-4-6-8-29/h4-16,19-20,25,35-36,38,41H,17-18,21-24H2,1-3H3,(H,39,42)/t25-,35+,36+,38+/m0/s1. The van der Waals surface area contributed by atoms with Crippen molar-refractivity contribution in [3.8, 4) is 11.5 Å². The van der Waals surface area contributed by atoms with Crippen molar-refractivity contribution >= 4 is 5.91 Å². The van der Waals surface area contributed by atoms with Crippen molar-refractivity contribution in [2.45, 2.75) is 51.5 Å². The fourth-order valence-electron chi connectivity index (χ4n) is 6.35. The van der Waals surface area contributed by atoms with Crippen molar-refractivity contribution in [3.63, 3.8) is 0 Å². The van der Waals surface area contributed by atoms with E-state index in [4.69, 9.17) is 18.9 Å². The number of benzene rings is 4. The molecule has 0 aromatic heterocycles. The number of nitrogens with one attached hydrogen (secondary N) is 1. The summed E-state index contributed by atoms with van der Waals surface area (Å²) in [5, 5.41) is 12.6. The molecule has 2 aliphatic heterocycles. The van der Waals surface area contributed by atoms with Gasteiger partial charge in [-0.2, -0.15) is 0 Å². The van der Waals surface area contributed by atoms with Gasteiger partial charge in [0.2, 0.25) is 0 Å². The van der Waals surface area contributed by atoms with Crippen LogP contribution >= 0.6 is 0 Å². The molecule has 0 saturated carbocycles. The molecule has 2 heterocycles. The number of hydrogen-bond donors (Lipinski definition) is 2. The van der Waals surface area contributed by atoms with E-state index in [1.165, 1.54) is 11.1 Å². The van der Waals surface area contributed by atoms with E-state index in [-0.39, 0.29) is 30.6 Å². The summed E-state index contributed by atoms with van der Waals surface area (Å²) in [6.07, 6.45) is 0.0825. The Kier molecular flexibility index (Phi) is 10.00. The van der Waals surface area contributed by atoms with Crippen molar-refractivity contribution in [2.24, 2.45) is 5.92 Å². The van der Waals surface area contributed by atoms with Crippen molar-refractivity contribution in [3.05, 3.63) is 130 Å². The van der Waals surface area contributed by atoms with Gasteiger partial charge < -0.3 is 29.4 Å². The molecule has 4 atom stereocenters. The van der Waals surface area contributed by atoms with Crippen LogP contribution in [0.2, 0.25) is 0 Å². The van der Waals surface area contributed by atoms with E-state index >= 15 is 0 Å². The minimum absolute atomic E-state index is 0.000956. The lowest BCUT2D eigenvalue weighted by molar-refractivity contribution is -0.276. The molecule has 0 aliphatic carbocycles. The van der Waals surface area contributed by atoms with Crippen LogP contribution in [-0.2, 0) is 35.6 Å². The molecule has 1 amide bonds. The molecular weight excluding hydrogens is 580 g/mol. The van der Waals surface area contributed by atoms with Crippen LogP contribution in [0.1, 0.15) is 63.1 Å². The molecule has 4 aromatic carbocycles. The molecule has 8 heteroatoms. The number of aliphatic hydroxyl groups is 1. The van der Waals surface area contributed by atoms with E-state index in [0.29, 0.717) is 12.1 Å². The van der Waals surface area contributed by atoms with E-state index in [1.807, 2.05) is 66.7 Å². The average Bonchev–Trinajstić information content (AvgIpc) is 3.11. The number of aliphatic hydroxyl groups excluding tert-OH is 1. The maximum atomic E-state index is 12.5. The lowest BCUT2D eigenvalue weighted by atomic mass is 9.89. The maximum Gasteiger partial charge on any atom is 0.251 e. The van der Waals surface area contributed by atoms with Crippen LogP contribution in [0.25, 0.3) is 0 Å². The first-order chi connectivity index (χ1) is 22.4. The van der Waals surface area contributed by atoms with Gasteiger partial charge in [-0.25, -0.2) is 0 Å². The smallest absolute Gasteiger partial charge is 0.251 e. The predicted molar refractivity (Wildman–Crippen MR) is 176 cm³/mol. The second-order valence-electron chi connectivity index (χ2n) is 12.1. The first kappa shape index (κ1) is 31.8. The quantitative estimate of drug-likeness (QED) is 0.225. The summed E-state index contributed by atoms with van der Waals surface area (Å²) in [5.74, 6) is 1.48. The fourth-order valence-corrected chi connectivity index (χ4v) is 6.35. The van der Waals surface area contributed by atoms with Gasteiger partial charge >= 0.3 is 0 Å². The SMILES string of the molecule is COc1cc2c(cc1OC)CN(C[C@H]1O[C@@H](c3ccc(CNC(=O)c4ccccc4)cc3)O[C@@H](c3ccc(CO)cc3)[C@H]1C)CC2. The Morgan fingerprint density at radius 2 is 1.52 bits per heavy atom. The molecule has 6 rings (SSSR count). The first-order valence-electron chi connectivity index (χ1n) is 15.8. The minimum Gasteiger partial charge on any atom is -0.493 e. The Bertz CT molecular complexity index is 1610. The third-order valence-electron chi connectivity index (χ3n) is 9.10. The summed E-state index contributed by atoms with van der Waals surface area (Å²) in [6, 6.07) is 29.4. The zero-order chi connectivity index (χ0) is 32.0. The topological polar surface area (TPSA) is 89.5 Å². The number of rotatable bonds is 10. The number of methoxy groups -OCH3 is 2. The van der Waals surface area contributed by atoms with Gasteiger partial charge in [0.1, 0.15) is 0 Å². The lowest BCUT2D eigenvalue weighted by Gasteiger charge is -2.43. The van der Waals surface area contributed by atoms with Crippen LogP contribution < -0.4 is 14.8 Å². The molecule has 1 saturated heterocycles. The molecule has 4 aromatic rings. The first-order valence-corrected chi connectivity index (χ1v) is 15.8. The molecule has 0 bridgehead atoms. The van der Waals surface area contributed by atoms with Crippen LogP contribution in [0.5, 0.6) is 11.5 Å². The van der Waals surface area contributed by atoms with Gasteiger partial charge in [0.25, 0.3) is 5.91 Å². The van der Waals surface area contributed by atoms with E-state index in [0.717, 1.165) is 59.8 Å². The third-order valence-corrected chi connectivity index (χ3v) is 9.10. The molecule has 2 N–H and O–H groups in total. The second kappa shape index (κ2) is 14.5. The van der Waals surface area contributed by atoms with Gasteiger partial charge in [-0.3, -0.25) is 9.69 Å². The lowest BCUT2D eigenvalue weighted by Crippen LogP contribution is -2.45. The van der Waals surface area contributed by atoms with Gasteiger partial charge in [0.05, 0.1) is 33.0 Å². The molecule has 46 heavy (non-hydrogen) atoms. The number of nitrogens with zero attached hydrogens (tertiary/aromatic N) is 1. The van der Waals surface area contributed by atoms with E-state index in [2.05, 4.69) is 29.3 Å². The zero-order valence-corrected chi connectivity index (χ0v) is 26.6. The van der Waals surface area contributed by atoms with E-state index in [9.17, 15) is 9.90 Å². The Morgan fingerprint density at radius 1 is 0.870 bits per heavy atom. The molecule has 0 spiro atoms. The molecule has 8 nitrogen and oxygen atoms in total. The zero-order valence-electron chi connectivity index (χ0n) is 26.6. The van der Waals surface area contributed by atoms with Crippen molar-refractivity contribution in [1.29, 1.82) is 0 Å². The van der Waals surface area contributed by atoms with Crippen molar-refractivity contribution < 1.29 is 28.8 Å². The van der Waals surface area contributed by atoms with Gasteiger partial charge in [0, 0.05) is 43.2 Å². The molecule has 1 fully saturated rings. The summed E-state index contributed by atoms with van der Waals surface area (Å²) >= 11 is 0. The number of carbonyl (C=O) groups excluding carboxylic acids is 1. The van der Waals surface area contributed by atoms with Crippen LogP contribution in [0.15, 0.2) is 91.0 Å². The summed E-state index contributed by atoms with van der Waals surface area (Å²) in [6.45, 7) is 5.08. The van der Waals surface area contributed by atoms with Crippen LogP contribution in [0.4, 0.5) is 0 Å². The molecule has 2 aliphatic rings. The number of hydrogen-bond acceptors (Lipinski definition) is 7. The second-order valence-corrected chi connectivity index (χ2v) is 12.1. The van der Waals surface area contributed by atoms with Crippen LogP contribution in [0, 0.1) is 5.92 Å². The Hall–Kier alpha value is -4.21. The largest absolute Gasteiger partial charge is 0.493 e. The highest BCUT2D eigenvalue weighted by Gasteiger charge is 2.39. The minimum atomic E-state index is -0.557. The van der Waals surface area contributed by atoms with Crippen molar-refractivity contribution in [2.75, 3.05) is 27.3 Å². The van der Waals surface area contributed by atoms with Crippen LogP contribution in [-0.4, -0.2) is 49.3 Å². The highest BCUT2D eigenvalue weighted by Crippen LogP contribution is 2.42. The number of carbonyl (C=O) groups is 1.